The maximum Gasteiger partial charge on any atom is 0.471 e. The minimum absolute atomic E-state index is 0.173. The number of carbonyl (C=O) groups is 8. The fraction of sp³-hybridized carbons (Fsp3) is 0.818. The number of halogens is 6. The van der Waals surface area contributed by atoms with Gasteiger partial charge in [0, 0.05) is 22.2 Å². The lowest BCUT2D eigenvalue weighted by molar-refractivity contribution is -0.185. The van der Waals surface area contributed by atoms with Crippen molar-refractivity contribution in [1.82, 2.24) is 29.4 Å². The maximum absolute atomic E-state index is 12.4. The predicted octanol–water partition coefficient (Wildman–Crippen LogP) is 7.85. The zero-order valence-electron chi connectivity index (χ0n) is 43.1. The van der Waals surface area contributed by atoms with Gasteiger partial charge >= 0.3 is 60.7 Å². The number of carboxylic acid groups (broad SMARTS) is 6. The van der Waals surface area contributed by atoms with E-state index in [2.05, 4.69) is 0 Å². The van der Waals surface area contributed by atoms with Gasteiger partial charge in [-0.2, -0.15) is 26.3 Å². The second-order valence-electron chi connectivity index (χ2n) is 21.5. The fourth-order valence-electron chi connectivity index (χ4n) is 7.73. The van der Waals surface area contributed by atoms with Crippen LogP contribution in [0.15, 0.2) is 0 Å². The van der Waals surface area contributed by atoms with E-state index in [-0.39, 0.29) is 37.3 Å². The topological polar surface area (TPSA) is 305 Å². The van der Waals surface area contributed by atoms with Crippen LogP contribution in [0, 0.1) is 0 Å². The van der Waals surface area contributed by atoms with Crippen LogP contribution in [0.1, 0.15) is 122 Å². The van der Waals surface area contributed by atoms with Crippen molar-refractivity contribution < 1.29 is 110 Å². The Labute approximate surface area is 418 Å². The molecule has 3 aliphatic rings. The van der Waals surface area contributed by atoms with E-state index in [1.807, 2.05) is 83.1 Å². The third-order valence-corrected chi connectivity index (χ3v) is 11.5. The molecule has 0 spiro atoms. The van der Waals surface area contributed by atoms with Gasteiger partial charge in [0.2, 0.25) is 0 Å². The van der Waals surface area contributed by atoms with Crippen LogP contribution in [0.25, 0.3) is 0 Å². The first kappa shape index (κ1) is 65.4. The van der Waals surface area contributed by atoms with Gasteiger partial charge in [0.1, 0.15) is 0 Å². The number of alkyl halides is 6. The molecule has 0 aromatic heterocycles. The number of rotatable bonds is 12. The van der Waals surface area contributed by atoms with Crippen molar-refractivity contribution in [3.8, 4) is 0 Å². The summed E-state index contributed by atoms with van der Waals surface area (Å²) < 4.78 is 91.0. The van der Waals surface area contributed by atoms with Crippen LogP contribution in [-0.4, -0.2) is 219 Å². The third kappa shape index (κ3) is 21.4. The number of amides is 8. The smallest absolute Gasteiger partial charge is 0.465 e. The van der Waals surface area contributed by atoms with E-state index in [4.69, 9.17) is 24.4 Å². The van der Waals surface area contributed by atoms with Crippen LogP contribution in [-0.2, 0) is 23.8 Å². The predicted molar refractivity (Wildman–Crippen MR) is 243 cm³/mol. The molecule has 422 valence electrons. The van der Waals surface area contributed by atoms with Crippen LogP contribution in [0.4, 0.5) is 55.1 Å². The summed E-state index contributed by atoms with van der Waals surface area (Å²) >= 11 is 0. The molecule has 73 heavy (non-hydrogen) atoms. The van der Waals surface area contributed by atoms with Gasteiger partial charge in [0.25, 0.3) is 0 Å². The van der Waals surface area contributed by atoms with E-state index in [1.165, 1.54) is 19.6 Å². The summed E-state index contributed by atoms with van der Waals surface area (Å²) in [4.78, 5) is 93.7. The van der Waals surface area contributed by atoms with Gasteiger partial charge in [0.15, 0.2) is 0 Å². The van der Waals surface area contributed by atoms with Crippen molar-refractivity contribution in [2.75, 3.05) is 39.3 Å². The second-order valence-corrected chi connectivity index (χ2v) is 21.5. The standard InChI is InChI=1S/2C16H30N2O5.C12H12F6N2O7/c2*1-15(2,3)17(13(19)20)9-11-7-8-12(23-11)10-18(14(21)22)16(4,5)6;13-11(14,15)7(21)19(9(23)24)3-5-1-2-6(27-5)4-20(10(25)26)8(22)12(16,17)18/h2*11-12H,7-10H2,1-6H3,(H,19,20)(H,21,22);5-6H,1-4H2,(H,23,24)(H,25,26)/t11-,12+;11-,12-;5-,6-/m.00/s1. The molecular formula is C44H72F6N6O17. The zero-order chi connectivity index (χ0) is 57.2. The molecule has 3 aliphatic heterocycles. The number of carbonyl (C=O) groups excluding carboxylic acids is 2. The molecule has 0 aromatic rings. The number of hydrogen-bond acceptors (Lipinski definition) is 11. The first-order valence-corrected chi connectivity index (χ1v) is 23.0. The molecular weight excluding hydrogens is 998 g/mol. The molecule has 3 heterocycles. The second kappa shape index (κ2) is 25.6. The van der Waals surface area contributed by atoms with E-state index in [9.17, 15) is 85.1 Å². The summed E-state index contributed by atoms with van der Waals surface area (Å²) in [6, 6.07) is 0. The van der Waals surface area contributed by atoms with E-state index in [1.54, 1.807) is 0 Å². The van der Waals surface area contributed by atoms with Gasteiger partial charge in [-0.3, -0.25) is 9.59 Å². The minimum atomic E-state index is -5.48. The molecule has 0 aliphatic carbocycles. The summed E-state index contributed by atoms with van der Waals surface area (Å²) in [5.74, 6) is -5.36. The number of hydrogen-bond donors (Lipinski definition) is 6. The van der Waals surface area contributed by atoms with Gasteiger partial charge in [-0.15, -0.1) is 0 Å². The van der Waals surface area contributed by atoms with Gasteiger partial charge in [0.05, 0.1) is 75.9 Å². The summed E-state index contributed by atoms with van der Waals surface area (Å²) in [7, 11) is 0. The molecule has 0 saturated carbocycles. The summed E-state index contributed by atoms with van der Waals surface area (Å²) in [6.45, 7) is 21.2. The molecule has 0 aromatic carbocycles. The molecule has 3 saturated heterocycles. The quantitative estimate of drug-likeness (QED) is 0.101. The van der Waals surface area contributed by atoms with E-state index in [0.717, 1.165) is 25.7 Å². The molecule has 3 rings (SSSR count). The minimum Gasteiger partial charge on any atom is -0.465 e. The highest BCUT2D eigenvalue weighted by Gasteiger charge is 2.48. The van der Waals surface area contributed by atoms with Crippen molar-refractivity contribution in [2.45, 2.75) is 193 Å². The molecule has 0 bridgehead atoms. The van der Waals surface area contributed by atoms with E-state index < -0.39 is 118 Å². The Balaban J connectivity index is 0.000000550. The van der Waals surface area contributed by atoms with Crippen molar-refractivity contribution in [2.24, 2.45) is 0 Å². The number of imide groups is 2. The summed E-state index contributed by atoms with van der Waals surface area (Å²) in [6.07, 6.45) is -20.0. The molecule has 0 unspecified atom stereocenters. The number of nitrogens with zero attached hydrogens (tertiary/aromatic N) is 6. The normalized spacial score (nSPS) is 21.3. The Morgan fingerprint density at radius 1 is 0.342 bits per heavy atom. The van der Waals surface area contributed by atoms with Gasteiger partial charge in [-0.05, 0) is 122 Å². The van der Waals surface area contributed by atoms with Crippen LogP contribution in [0.3, 0.4) is 0 Å². The molecule has 23 nitrogen and oxygen atoms in total. The lowest BCUT2D eigenvalue weighted by atomic mass is 10.0. The van der Waals surface area contributed by atoms with Crippen LogP contribution in [0.2, 0.25) is 0 Å². The molecule has 29 heteroatoms. The molecule has 6 N–H and O–H groups in total. The molecule has 6 atom stereocenters. The summed E-state index contributed by atoms with van der Waals surface area (Å²) in [5, 5.41) is 54.8. The Kier molecular flexibility index (Phi) is 22.9. The Bertz CT molecular complexity index is 1720. The van der Waals surface area contributed by atoms with Crippen molar-refractivity contribution in [3.05, 3.63) is 0 Å². The lowest BCUT2D eigenvalue weighted by Crippen LogP contribution is -2.50. The Morgan fingerprint density at radius 3 is 0.630 bits per heavy atom. The van der Waals surface area contributed by atoms with Gasteiger partial charge in [-0.25, -0.2) is 38.6 Å². The fourth-order valence-corrected chi connectivity index (χ4v) is 7.73. The molecule has 0 radical (unpaired) electrons. The SMILES string of the molecule is CC(C)(C)N(C[C@@H]1CC[C@@H](CN(C(=O)O)C(C)(C)C)O1)C(=O)O.CC(C)(C)N(C[C@H]1CC[C@@H](CN(C(=O)O)C(C)(C)C)O1)C(=O)O.O=C(O)N(C[C@@H]1CC[C@@H](CN(C(=O)O)C(=O)C(F)(F)F)O1)C(=O)C(F)(F)F. The highest BCUT2D eigenvalue weighted by molar-refractivity contribution is 5.95. The number of ether oxygens (including phenoxy) is 3. The first-order chi connectivity index (χ1) is 32.8. The first-order valence-electron chi connectivity index (χ1n) is 23.0. The van der Waals surface area contributed by atoms with Crippen LogP contribution in [0.5, 0.6) is 0 Å². The van der Waals surface area contributed by atoms with Crippen molar-refractivity contribution >= 4 is 48.4 Å². The molecule has 8 amide bonds. The zero-order valence-corrected chi connectivity index (χ0v) is 43.1. The highest BCUT2D eigenvalue weighted by Crippen LogP contribution is 2.30. The third-order valence-electron chi connectivity index (χ3n) is 11.5. The average molecular weight is 1070 g/mol. The Hall–Kier alpha value is -5.58. The van der Waals surface area contributed by atoms with E-state index >= 15 is 0 Å². The van der Waals surface area contributed by atoms with Crippen molar-refractivity contribution in [1.29, 1.82) is 0 Å². The Morgan fingerprint density at radius 2 is 0.507 bits per heavy atom. The molecule has 3 fully saturated rings. The highest BCUT2D eigenvalue weighted by atomic mass is 19.4. The summed E-state index contributed by atoms with van der Waals surface area (Å²) in [5.41, 5.74) is -1.98. The lowest BCUT2D eigenvalue weighted by Gasteiger charge is -2.36. The van der Waals surface area contributed by atoms with Crippen molar-refractivity contribution in [3.63, 3.8) is 0 Å². The van der Waals surface area contributed by atoms with Crippen LogP contribution >= 0.6 is 0 Å². The van der Waals surface area contributed by atoms with Gasteiger partial charge in [-0.1, -0.05) is 0 Å². The largest absolute Gasteiger partial charge is 0.471 e. The average Bonchev–Trinajstić information content (AvgIpc) is 3.96. The van der Waals surface area contributed by atoms with Gasteiger partial charge < -0.3 is 64.4 Å². The monoisotopic (exact) mass is 1070 g/mol. The van der Waals surface area contributed by atoms with Crippen LogP contribution < -0.4 is 0 Å². The van der Waals surface area contributed by atoms with E-state index in [0.29, 0.717) is 26.2 Å². The maximum atomic E-state index is 12.4.